The summed E-state index contributed by atoms with van der Waals surface area (Å²) in [5.41, 5.74) is 1.33. The highest BCUT2D eigenvalue weighted by atomic mass is 32.1. The Morgan fingerprint density at radius 2 is 2.11 bits per heavy atom. The molecule has 0 fully saturated rings. The zero-order valence-corrected chi connectivity index (χ0v) is 11.4. The van der Waals surface area contributed by atoms with Crippen molar-refractivity contribution in [1.29, 1.82) is 0 Å². The molecule has 1 heterocycles. The molecule has 0 aliphatic carbocycles. The summed E-state index contributed by atoms with van der Waals surface area (Å²) in [7, 11) is 1.54. The largest absolute Gasteiger partial charge is 0.496 e. The quantitative estimate of drug-likeness (QED) is 0.929. The lowest BCUT2D eigenvalue weighted by Gasteiger charge is -2.11. The van der Waals surface area contributed by atoms with Crippen molar-refractivity contribution in [2.45, 2.75) is 13.5 Å². The molecule has 0 aliphatic heterocycles. The standard InChI is InChI=1S/C13H13NO4S/c1-8-12(9-5-3-4-6-10(9)18-2)14(7-11(15)16)13(17)19-8/h3-6H,7H2,1-2H3,(H,15,16). The number of carboxylic acid groups (broad SMARTS) is 1. The maximum absolute atomic E-state index is 11.8. The van der Waals surface area contributed by atoms with Crippen molar-refractivity contribution in [2.24, 2.45) is 0 Å². The molecule has 19 heavy (non-hydrogen) atoms. The average molecular weight is 279 g/mol. The number of hydrogen-bond donors (Lipinski definition) is 1. The van der Waals surface area contributed by atoms with Crippen LogP contribution in [0.3, 0.4) is 0 Å². The van der Waals surface area contributed by atoms with E-state index in [2.05, 4.69) is 0 Å². The van der Waals surface area contributed by atoms with Crippen LogP contribution in [0.15, 0.2) is 29.1 Å². The first-order valence-electron chi connectivity index (χ1n) is 5.60. The van der Waals surface area contributed by atoms with Gasteiger partial charge in [-0.15, -0.1) is 0 Å². The molecule has 0 amide bonds. The van der Waals surface area contributed by atoms with Gasteiger partial charge in [0.1, 0.15) is 12.3 Å². The summed E-state index contributed by atoms with van der Waals surface area (Å²) in [6, 6.07) is 7.24. The third-order valence-corrected chi connectivity index (χ3v) is 3.61. The third kappa shape index (κ3) is 2.53. The molecule has 0 bridgehead atoms. The van der Waals surface area contributed by atoms with Gasteiger partial charge in [-0.25, -0.2) is 0 Å². The molecule has 100 valence electrons. The second-order valence-corrected chi connectivity index (χ2v) is 5.12. The predicted molar refractivity (Wildman–Crippen MR) is 72.9 cm³/mol. The predicted octanol–water partition coefficient (Wildman–Crippen LogP) is 1.98. The summed E-state index contributed by atoms with van der Waals surface area (Å²) < 4.78 is 6.53. The van der Waals surface area contributed by atoms with Gasteiger partial charge in [0.15, 0.2) is 0 Å². The number of thiazole rings is 1. The second-order valence-electron chi connectivity index (χ2n) is 3.95. The Kier molecular flexibility index (Phi) is 3.71. The van der Waals surface area contributed by atoms with Crippen molar-refractivity contribution in [2.75, 3.05) is 7.11 Å². The minimum absolute atomic E-state index is 0.277. The van der Waals surface area contributed by atoms with E-state index >= 15 is 0 Å². The summed E-state index contributed by atoms with van der Waals surface area (Å²) in [5.74, 6) is -0.432. The minimum Gasteiger partial charge on any atom is -0.496 e. The number of nitrogens with zero attached hydrogens (tertiary/aromatic N) is 1. The maximum atomic E-state index is 11.8. The fraction of sp³-hybridized carbons (Fsp3) is 0.231. The Bertz CT molecular complexity index is 672. The molecule has 6 heteroatoms. The van der Waals surface area contributed by atoms with Gasteiger partial charge in [0.05, 0.1) is 12.8 Å². The van der Waals surface area contributed by atoms with E-state index in [1.165, 1.54) is 4.57 Å². The van der Waals surface area contributed by atoms with E-state index in [9.17, 15) is 9.59 Å². The number of carboxylic acids is 1. The van der Waals surface area contributed by atoms with Crippen molar-refractivity contribution in [3.05, 3.63) is 38.8 Å². The number of benzene rings is 1. The molecule has 2 aromatic rings. The van der Waals surface area contributed by atoms with Crippen LogP contribution in [0.4, 0.5) is 0 Å². The van der Waals surface area contributed by atoms with Gasteiger partial charge >= 0.3 is 10.8 Å². The van der Waals surface area contributed by atoms with Crippen LogP contribution in [-0.2, 0) is 11.3 Å². The van der Waals surface area contributed by atoms with E-state index in [4.69, 9.17) is 9.84 Å². The van der Waals surface area contributed by atoms with Crippen LogP contribution >= 0.6 is 11.3 Å². The Hall–Kier alpha value is -2.08. The van der Waals surface area contributed by atoms with Crippen LogP contribution in [0.5, 0.6) is 5.75 Å². The number of carbonyl (C=O) groups is 1. The third-order valence-electron chi connectivity index (χ3n) is 2.72. The number of aromatic nitrogens is 1. The number of methoxy groups -OCH3 is 1. The number of aryl methyl sites for hydroxylation is 1. The molecule has 0 atom stereocenters. The molecular formula is C13H13NO4S. The minimum atomic E-state index is -1.05. The van der Waals surface area contributed by atoms with Gasteiger partial charge in [-0.1, -0.05) is 23.5 Å². The van der Waals surface area contributed by atoms with Gasteiger partial charge in [0.25, 0.3) is 0 Å². The lowest BCUT2D eigenvalue weighted by Crippen LogP contribution is -2.20. The fourth-order valence-corrected chi connectivity index (χ4v) is 2.81. The van der Waals surface area contributed by atoms with Crippen molar-refractivity contribution >= 4 is 17.3 Å². The maximum Gasteiger partial charge on any atom is 0.323 e. The Labute approximate surface area is 113 Å². The molecule has 0 aliphatic rings. The second kappa shape index (κ2) is 5.27. The molecule has 1 aromatic carbocycles. The summed E-state index contributed by atoms with van der Waals surface area (Å²) >= 11 is 1.04. The Morgan fingerprint density at radius 3 is 2.74 bits per heavy atom. The summed E-state index contributed by atoms with van der Waals surface area (Å²) in [4.78, 5) is 23.2. The molecular weight excluding hydrogens is 266 g/mol. The zero-order chi connectivity index (χ0) is 14.0. The molecule has 0 unspecified atom stereocenters. The van der Waals surface area contributed by atoms with Crippen molar-refractivity contribution < 1.29 is 14.6 Å². The number of hydrogen-bond acceptors (Lipinski definition) is 4. The highest BCUT2D eigenvalue weighted by molar-refractivity contribution is 7.09. The van der Waals surface area contributed by atoms with Gasteiger partial charge in [-0.3, -0.25) is 14.2 Å². The van der Waals surface area contributed by atoms with Crippen LogP contribution in [0, 0.1) is 6.92 Å². The summed E-state index contributed by atoms with van der Waals surface area (Å²) in [6.45, 7) is 1.45. The molecule has 0 saturated heterocycles. The SMILES string of the molecule is COc1ccccc1-c1c(C)sc(=O)n1CC(=O)O. The van der Waals surface area contributed by atoms with E-state index in [1.54, 1.807) is 20.1 Å². The summed E-state index contributed by atoms with van der Waals surface area (Å²) in [5, 5.41) is 8.91. The zero-order valence-electron chi connectivity index (χ0n) is 10.5. The van der Waals surface area contributed by atoms with E-state index in [-0.39, 0.29) is 11.4 Å². The highest BCUT2D eigenvalue weighted by Gasteiger charge is 2.18. The smallest absolute Gasteiger partial charge is 0.323 e. The first kappa shape index (κ1) is 13.4. The van der Waals surface area contributed by atoms with Crippen LogP contribution < -0.4 is 9.61 Å². The molecule has 0 radical (unpaired) electrons. The fourth-order valence-electron chi connectivity index (χ4n) is 1.97. The summed E-state index contributed by atoms with van der Waals surface area (Å²) in [6.07, 6.45) is 0. The monoisotopic (exact) mass is 279 g/mol. The van der Waals surface area contributed by atoms with E-state index in [0.29, 0.717) is 11.4 Å². The van der Waals surface area contributed by atoms with Crippen LogP contribution in [0.1, 0.15) is 4.88 Å². The normalized spacial score (nSPS) is 10.4. The van der Waals surface area contributed by atoms with Crippen molar-refractivity contribution in [1.82, 2.24) is 4.57 Å². The van der Waals surface area contributed by atoms with Gasteiger partial charge in [0.2, 0.25) is 0 Å². The van der Waals surface area contributed by atoms with Gasteiger partial charge in [-0.2, -0.15) is 0 Å². The van der Waals surface area contributed by atoms with Crippen molar-refractivity contribution in [3.63, 3.8) is 0 Å². The number of aliphatic carboxylic acids is 1. The van der Waals surface area contributed by atoms with Crippen molar-refractivity contribution in [3.8, 4) is 17.0 Å². The molecule has 0 spiro atoms. The first-order chi connectivity index (χ1) is 9.04. The van der Waals surface area contributed by atoms with E-state index < -0.39 is 5.97 Å². The van der Waals surface area contributed by atoms with E-state index in [0.717, 1.165) is 21.8 Å². The lowest BCUT2D eigenvalue weighted by molar-refractivity contribution is -0.137. The van der Waals surface area contributed by atoms with Crippen LogP contribution in [0.2, 0.25) is 0 Å². The molecule has 5 nitrogen and oxygen atoms in total. The topological polar surface area (TPSA) is 68.5 Å². The highest BCUT2D eigenvalue weighted by Crippen LogP contribution is 2.32. The van der Waals surface area contributed by atoms with Crippen LogP contribution in [0.25, 0.3) is 11.3 Å². The van der Waals surface area contributed by atoms with Gasteiger partial charge < -0.3 is 9.84 Å². The number of rotatable bonds is 4. The lowest BCUT2D eigenvalue weighted by atomic mass is 10.1. The first-order valence-corrected chi connectivity index (χ1v) is 6.41. The van der Waals surface area contributed by atoms with E-state index in [1.807, 2.05) is 18.2 Å². The average Bonchev–Trinajstić information content (AvgIpc) is 2.63. The number of ether oxygens (including phenoxy) is 1. The number of para-hydroxylation sites is 1. The Balaban J connectivity index is 2.67. The molecule has 2 rings (SSSR count). The van der Waals surface area contributed by atoms with Gasteiger partial charge in [-0.05, 0) is 19.1 Å². The molecule has 1 N–H and O–H groups in total. The van der Waals surface area contributed by atoms with Gasteiger partial charge in [0, 0.05) is 10.4 Å². The Morgan fingerprint density at radius 1 is 1.42 bits per heavy atom. The molecule has 1 aromatic heterocycles. The molecule has 0 saturated carbocycles. The van der Waals surface area contributed by atoms with Crippen LogP contribution in [-0.4, -0.2) is 22.8 Å².